The molecule has 104 valence electrons. The van der Waals surface area contributed by atoms with Crippen molar-refractivity contribution >= 4 is 11.9 Å². The number of carbonyl (C=O) groups excluding carboxylic acids is 2. The van der Waals surface area contributed by atoms with Gasteiger partial charge in [0.25, 0.3) is 5.91 Å². The Hall–Kier alpha value is -1.84. The van der Waals surface area contributed by atoms with Gasteiger partial charge in [0.15, 0.2) is 0 Å². The predicted octanol–water partition coefficient (Wildman–Crippen LogP) is 2.87. The molecule has 1 aromatic carbocycles. The van der Waals surface area contributed by atoms with Crippen LogP contribution in [0.4, 0.5) is 0 Å². The third kappa shape index (κ3) is 4.09. The molecule has 19 heavy (non-hydrogen) atoms. The number of carbonyl (C=O) groups is 2. The van der Waals surface area contributed by atoms with Crippen molar-refractivity contribution in [2.45, 2.75) is 46.7 Å². The molecule has 1 rings (SSSR count). The molecule has 0 bridgehead atoms. The fourth-order valence-corrected chi connectivity index (χ4v) is 2.07. The summed E-state index contributed by atoms with van der Waals surface area (Å²) in [6.07, 6.45) is 0. The van der Waals surface area contributed by atoms with Gasteiger partial charge in [0.2, 0.25) is 0 Å². The average Bonchev–Trinajstić information content (AvgIpc) is 2.27. The first-order valence-electron chi connectivity index (χ1n) is 6.44. The number of benzene rings is 1. The predicted molar refractivity (Wildman–Crippen MR) is 74.2 cm³/mol. The maximum Gasteiger partial charge on any atom is 0.308 e. The fourth-order valence-electron chi connectivity index (χ4n) is 2.07. The van der Waals surface area contributed by atoms with Crippen LogP contribution in [0.25, 0.3) is 0 Å². The van der Waals surface area contributed by atoms with Gasteiger partial charge in [-0.1, -0.05) is 6.07 Å². The maximum absolute atomic E-state index is 12.5. The summed E-state index contributed by atoms with van der Waals surface area (Å²) < 4.78 is 5.00. The average molecular weight is 263 g/mol. The molecule has 0 aliphatic rings. The Labute approximate surface area is 114 Å². The summed E-state index contributed by atoms with van der Waals surface area (Å²) >= 11 is 0. The molecule has 0 saturated carbocycles. The maximum atomic E-state index is 12.5. The molecule has 0 aromatic heterocycles. The molecular weight excluding hydrogens is 242 g/mol. The van der Waals surface area contributed by atoms with E-state index < -0.39 is 5.97 Å². The zero-order valence-electron chi connectivity index (χ0n) is 12.1. The van der Waals surface area contributed by atoms with Crippen LogP contribution in [-0.2, 0) is 4.79 Å². The van der Waals surface area contributed by atoms with Crippen LogP contribution in [0.3, 0.4) is 0 Å². The standard InChI is InChI=1S/C15H21NO3/c1-10(2)16(11(3)4)15(18)13-7-6-8-14(9-13)19-12(5)17/h6-11H,1-5H3. The van der Waals surface area contributed by atoms with Crippen molar-refractivity contribution in [3.63, 3.8) is 0 Å². The van der Waals surface area contributed by atoms with Crippen LogP contribution in [0.2, 0.25) is 0 Å². The van der Waals surface area contributed by atoms with Crippen LogP contribution in [0, 0.1) is 0 Å². The van der Waals surface area contributed by atoms with Crippen molar-refractivity contribution in [2.24, 2.45) is 0 Å². The summed E-state index contributed by atoms with van der Waals surface area (Å²) in [5.74, 6) is -0.0565. The van der Waals surface area contributed by atoms with E-state index in [-0.39, 0.29) is 18.0 Å². The molecule has 0 unspecified atom stereocenters. The third-order valence-corrected chi connectivity index (χ3v) is 2.69. The van der Waals surface area contributed by atoms with Crippen LogP contribution in [0.5, 0.6) is 5.75 Å². The minimum atomic E-state index is -0.394. The van der Waals surface area contributed by atoms with E-state index in [9.17, 15) is 9.59 Å². The Kier molecular flexibility index (Phi) is 5.10. The van der Waals surface area contributed by atoms with Crippen molar-refractivity contribution in [1.29, 1.82) is 0 Å². The molecule has 0 spiro atoms. The van der Waals surface area contributed by atoms with Gasteiger partial charge in [0.05, 0.1) is 0 Å². The quantitative estimate of drug-likeness (QED) is 0.620. The van der Waals surface area contributed by atoms with Crippen molar-refractivity contribution in [3.8, 4) is 5.75 Å². The van der Waals surface area contributed by atoms with Crippen LogP contribution in [-0.4, -0.2) is 28.9 Å². The minimum absolute atomic E-state index is 0.0565. The van der Waals surface area contributed by atoms with Crippen molar-refractivity contribution < 1.29 is 14.3 Å². The van der Waals surface area contributed by atoms with Crippen molar-refractivity contribution in [3.05, 3.63) is 29.8 Å². The van der Waals surface area contributed by atoms with Gasteiger partial charge in [-0.2, -0.15) is 0 Å². The Balaban J connectivity index is 3.01. The second-order valence-corrected chi connectivity index (χ2v) is 5.02. The molecule has 0 fully saturated rings. The van der Waals surface area contributed by atoms with E-state index in [0.29, 0.717) is 11.3 Å². The lowest BCUT2D eigenvalue weighted by Gasteiger charge is -2.30. The highest BCUT2D eigenvalue weighted by Crippen LogP contribution is 2.17. The molecule has 1 amide bonds. The normalized spacial score (nSPS) is 10.7. The third-order valence-electron chi connectivity index (χ3n) is 2.69. The van der Waals surface area contributed by atoms with Gasteiger partial charge in [0, 0.05) is 24.6 Å². The summed E-state index contributed by atoms with van der Waals surface area (Å²) in [7, 11) is 0. The van der Waals surface area contributed by atoms with E-state index in [1.807, 2.05) is 27.7 Å². The molecule has 0 aliphatic heterocycles. The monoisotopic (exact) mass is 263 g/mol. The van der Waals surface area contributed by atoms with Crippen molar-refractivity contribution in [2.75, 3.05) is 0 Å². The largest absolute Gasteiger partial charge is 0.427 e. The zero-order valence-corrected chi connectivity index (χ0v) is 12.1. The summed E-state index contributed by atoms with van der Waals surface area (Å²) in [5, 5.41) is 0. The molecule has 4 nitrogen and oxygen atoms in total. The van der Waals surface area contributed by atoms with Gasteiger partial charge in [-0.25, -0.2) is 0 Å². The summed E-state index contributed by atoms with van der Waals surface area (Å²) in [6.45, 7) is 9.26. The van der Waals surface area contributed by atoms with E-state index in [0.717, 1.165) is 0 Å². The summed E-state index contributed by atoms with van der Waals surface area (Å²) in [6, 6.07) is 6.93. The van der Waals surface area contributed by atoms with E-state index >= 15 is 0 Å². The Morgan fingerprint density at radius 1 is 1.11 bits per heavy atom. The number of esters is 1. The molecule has 0 N–H and O–H groups in total. The van der Waals surface area contributed by atoms with Gasteiger partial charge in [0.1, 0.15) is 5.75 Å². The fraction of sp³-hybridized carbons (Fsp3) is 0.467. The van der Waals surface area contributed by atoms with Gasteiger partial charge in [-0.05, 0) is 45.9 Å². The lowest BCUT2D eigenvalue weighted by atomic mass is 10.1. The Morgan fingerprint density at radius 2 is 1.68 bits per heavy atom. The van der Waals surface area contributed by atoms with Gasteiger partial charge in [-0.15, -0.1) is 0 Å². The highest BCUT2D eigenvalue weighted by Gasteiger charge is 2.21. The van der Waals surface area contributed by atoms with Gasteiger partial charge >= 0.3 is 5.97 Å². The summed E-state index contributed by atoms with van der Waals surface area (Å²) in [4.78, 5) is 25.2. The highest BCUT2D eigenvalue weighted by atomic mass is 16.5. The molecule has 0 aliphatic carbocycles. The lowest BCUT2D eigenvalue weighted by Crippen LogP contribution is -2.42. The minimum Gasteiger partial charge on any atom is -0.427 e. The highest BCUT2D eigenvalue weighted by molar-refractivity contribution is 5.95. The number of rotatable bonds is 4. The SMILES string of the molecule is CC(=O)Oc1cccc(C(=O)N(C(C)C)C(C)C)c1. The Bertz CT molecular complexity index is 458. The Morgan fingerprint density at radius 3 is 2.16 bits per heavy atom. The second-order valence-electron chi connectivity index (χ2n) is 5.02. The van der Waals surface area contributed by atoms with Crippen molar-refractivity contribution in [1.82, 2.24) is 4.90 Å². The molecule has 0 atom stereocenters. The van der Waals surface area contributed by atoms with Gasteiger partial charge < -0.3 is 9.64 Å². The lowest BCUT2D eigenvalue weighted by molar-refractivity contribution is -0.131. The molecule has 0 radical (unpaired) electrons. The first kappa shape index (κ1) is 15.2. The topological polar surface area (TPSA) is 46.6 Å². The first-order valence-corrected chi connectivity index (χ1v) is 6.44. The van der Waals surface area contributed by atoms with E-state index in [1.165, 1.54) is 6.92 Å². The van der Waals surface area contributed by atoms with Crippen LogP contribution < -0.4 is 4.74 Å². The van der Waals surface area contributed by atoms with E-state index in [4.69, 9.17) is 4.74 Å². The zero-order chi connectivity index (χ0) is 14.6. The molecular formula is C15H21NO3. The molecule has 1 aromatic rings. The second kappa shape index (κ2) is 6.36. The van der Waals surface area contributed by atoms with E-state index in [1.54, 1.807) is 29.2 Å². The number of ether oxygens (including phenoxy) is 1. The number of amides is 1. The van der Waals surface area contributed by atoms with Crippen LogP contribution in [0.15, 0.2) is 24.3 Å². The van der Waals surface area contributed by atoms with Crippen LogP contribution in [0.1, 0.15) is 45.0 Å². The number of hydrogen-bond donors (Lipinski definition) is 0. The molecule has 0 heterocycles. The number of hydrogen-bond acceptors (Lipinski definition) is 3. The van der Waals surface area contributed by atoms with E-state index in [2.05, 4.69) is 0 Å². The van der Waals surface area contributed by atoms with Gasteiger partial charge in [-0.3, -0.25) is 9.59 Å². The molecule has 4 heteroatoms. The smallest absolute Gasteiger partial charge is 0.308 e. The summed E-state index contributed by atoms with van der Waals surface area (Å²) in [5.41, 5.74) is 0.529. The molecule has 0 saturated heterocycles. The number of nitrogens with zero attached hydrogens (tertiary/aromatic N) is 1. The van der Waals surface area contributed by atoms with Crippen LogP contribution >= 0.6 is 0 Å². The first-order chi connectivity index (χ1) is 8.82.